The van der Waals surface area contributed by atoms with E-state index in [1.54, 1.807) is 0 Å². The van der Waals surface area contributed by atoms with Gasteiger partial charge in [-0.25, -0.2) is 0 Å². The topological polar surface area (TPSA) is 47.8 Å². The molecule has 0 saturated carbocycles. The number of nitrogens with two attached hydrogens (primary N) is 1. The second-order valence-corrected chi connectivity index (χ2v) is 4.89. The van der Waals surface area contributed by atoms with E-state index < -0.39 is 5.62 Å². The van der Waals surface area contributed by atoms with Crippen molar-refractivity contribution < 1.29 is 9.39 Å². The van der Waals surface area contributed by atoms with Crippen LogP contribution in [0.1, 0.15) is 12.0 Å². The summed E-state index contributed by atoms with van der Waals surface area (Å²) in [6.45, 7) is 0.753. The zero-order valence-corrected chi connectivity index (χ0v) is 10.3. The van der Waals surface area contributed by atoms with Crippen LogP contribution in [0.2, 0.25) is 0 Å². The van der Waals surface area contributed by atoms with Crippen LogP contribution in [-0.2, 0) is 10.3 Å². The number of hydrogen-bond acceptors (Lipinski definition) is 4. The summed E-state index contributed by atoms with van der Waals surface area (Å²) >= 11 is 1.83. The van der Waals surface area contributed by atoms with Gasteiger partial charge in [0.2, 0.25) is 0 Å². The molecule has 2 N–H and O–H groups in total. The SMILES string of the molecule is CSCCCOc1cccc(C2(N)BO2)c1. The summed E-state index contributed by atoms with van der Waals surface area (Å²) in [5.74, 6) is 2.00. The van der Waals surface area contributed by atoms with Gasteiger partial charge < -0.3 is 15.1 Å². The fourth-order valence-corrected chi connectivity index (χ4v) is 1.89. The zero-order chi connectivity index (χ0) is 11.4. The number of rotatable bonds is 6. The molecule has 5 heteroatoms. The Balaban J connectivity index is 1.89. The van der Waals surface area contributed by atoms with Crippen molar-refractivity contribution in [3.63, 3.8) is 0 Å². The first-order valence-electron chi connectivity index (χ1n) is 5.40. The first-order valence-corrected chi connectivity index (χ1v) is 6.79. The quantitative estimate of drug-likeness (QED) is 0.460. The highest BCUT2D eigenvalue weighted by Crippen LogP contribution is 2.31. The molecule has 1 saturated heterocycles. The molecule has 1 aromatic rings. The van der Waals surface area contributed by atoms with Gasteiger partial charge in [-0.15, -0.1) is 0 Å². The maximum atomic E-state index is 5.93. The molecule has 1 aromatic carbocycles. The van der Waals surface area contributed by atoms with Crippen LogP contribution < -0.4 is 10.5 Å². The monoisotopic (exact) mass is 237 g/mol. The van der Waals surface area contributed by atoms with Crippen LogP contribution >= 0.6 is 11.8 Å². The normalized spacial score (nSPS) is 22.6. The first-order chi connectivity index (χ1) is 7.74. The van der Waals surface area contributed by atoms with E-state index in [1.807, 2.05) is 36.0 Å². The smallest absolute Gasteiger partial charge is 0.332 e. The summed E-state index contributed by atoms with van der Waals surface area (Å²) in [5.41, 5.74) is 6.37. The molecule has 2 rings (SSSR count). The molecular formula is C11H16BNO2S. The minimum absolute atomic E-state index is 0.557. The third-order valence-corrected chi connectivity index (χ3v) is 3.24. The predicted octanol–water partition coefficient (Wildman–Crippen LogP) is 1.27. The Morgan fingerprint density at radius 3 is 3.06 bits per heavy atom. The summed E-state index contributed by atoms with van der Waals surface area (Å²) in [4.78, 5) is 0. The number of ether oxygens (including phenoxy) is 1. The standard InChI is InChI=1S/C11H16BNO2S/c1-16-7-3-6-14-10-5-2-4-9(8-10)11(13)12-15-11/h2,4-5,8,12H,3,6-7,13H2,1H3. The number of benzene rings is 1. The van der Waals surface area contributed by atoms with Crippen LogP contribution in [0.4, 0.5) is 0 Å². The predicted molar refractivity (Wildman–Crippen MR) is 69.0 cm³/mol. The summed E-state index contributed by atoms with van der Waals surface area (Å²) in [6.07, 6.45) is 3.17. The summed E-state index contributed by atoms with van der Waals surface area (Å²) < 4.78 is 10.8. The van der Waals surface area contributed by atoms with Crippen LogP contribution in [0.15, 0.2) is 24.3 Å². The largest absolute Gasteiger partial charge is 0.494 e. The van der Waals surface area contributed by atoms with Gasteiger partial charge >= 0.3 is 7.48 Å². The first kappa shape index (κ1) is 11.8. The minimum atomic E-state index is -0.557. The van der Waals surface area contributed by atoms with Crippen molar-refractivity contribution in [2.75, 3.05) is 18.6 Å². The second kappa shape index (κ2) is 5.12. The molecule has 0 amide bonds. The van der Waals surface area contributed by atoms with Gasteiger partial charge in [-0.2, -0.15) is 11.8 Å². The van der Waals surface area contributed by atoms with Crippen LogP contribution in [0.25, 0.3) is 0 Å². The van der Waals surface area contributed by atoms with E-state index >= 15 is 0 Å². The Bertz CT molecular complexity index is 358. The maximum Gasteiger partial charge on any atom is 0.332 e. The third-order valence-electron chi connectivity index (χ3n) is 2.54. The van der Waals surface area contributed by atoms with Crippen LogP contribution in [-0.4, -0.2) is 26.1 Å². The van der Waals surface area contributed by atoms with E-state index in [9.17, 15) is 0 Å². The van der Waals surface area contributed by atoms with E-state index in [1.165, 1.54) is 0 Å². The molecule has 1 aliphatic rings. The lowest BCUT2D eigenvalue weighted by molar-refractivity contribution is 0.311. The van der Waals surface area contributed by atoms with Crippen molar-refractivity contribution in [2.45, 2.75) is 12.0 Å². The van der Waals surface area contributed by atoms with Crippen molar-refractivity contribution in [3.8, 4) is 5.75 Å². The summed E-state index contributed by atoms with van der Waals surface area (Å²) in [6, 6.07) is 7.84. The van der Waals surface area contributed by atoms with Gasteiger partial charge in [-0.05, 0) is 36.1 Å². The van der Waals surface area contributed by atoms with Gasteiger partial charge in [0.1, 0.15) is 11.4 Å². The van der Waals surface area contributed by atoms with Crippen LogP contribution in [0, 0.1) is 0 Å². The highest BCUT2D eigenvalue weighted by molar-refractivity contribution is 7.98. The van der Waals surface area contributed by atoms with Gasteiger partial charge in [0, 0.05) is 0 Å². The van der Waals surface area contributed by atoms with Crippen molar-refractivity contribution in [1.29, 1.82) is 0 Å². The average Bonchev–Trinajstić information content (AvgIpc) is 3.05. The molecule has 0 aliphatic carbocycles. The highest BCUT2D eigenvalue weighted by Gasteiger charge is 2.44. The van der Waals surface area contributed by atoms with Crippen molar-refractivity contribution >= 4 is 19.2 Å². The Kier molecular flexibility index (Phi) is 3.79. The lowest BCUT2D eigenvalue weighted by Gasteiger charge is -2.10. The molecule has 16 heavy (non-hydrogen) atoms. The van der Waals surface area contributed by atoms with E-state index in [-0.39, 0.29) is 0 Å². The maximum absolute atomic E-state index is 5.93. The number of thioether (sulfide) groups is 1. The Morgan fingerprint density at radius 2 is 2.38 bits per heavy atom. The van der Waals surface area contributed by atoms with Gasteiger partial charge in [0.15, 0.2) is 0 Å². The van der Waals surface area contributed by atoms with Crippen molar-refractivity contribution in [1.82, 2.24) is 0 Å². The van der Waals surface area contributed by atoms with Gasteiger partial charge in [-0.3, -0.25) is 0 Å². The molecule has 86 valence electrons. The average molecular weight is 237 g/mol. The van der Waals surface area contributed by atoms with Gasteiger partial charge in [0.25, 0.3) is 0 Å². The molecule has 1 fully saturated rings. The van der Waals surface area contributed by atoms with E-state index in [0.717, 1.165) is 30.1 Å². The molecule has 0 radical (unpaired) electrons. The fraction of sp³-hybridized carbons (Fsp3) is 0.455. The van der Waals surface area contributed by atoms with E-state index in [0.29, 0.717) is 7.48 Å². The Hall–Kier alpha value is -0.645. The highest BCUT2D eigenvalue weighted by atomic mass is 32.2. The van der Waals surface area contributed by atoms with Crippen LogP contribution in [0.3, 0.4) is 0 Å². The molecule has 3 nitrogen and oxygen atoms in total. The Labute approximate surface area is 101 Å². The second-order valence-electron chi connectivity index (χ2n) is 3.90. The Morgan fingerprint density at radius 1 is 1.56 bits per heavy atom. The molecule has 1 atom stereocenters. The molecule has 0 spiro atoms. The van der Waals surface area contributed by atoms with Gasteiger partial charge in [-0.1, -0.05) is 12.1 Å². The third kappa shape index (κ3) is 2.93. The van der Waals surface area contributed by atoms with Crippen molar-refractivity contribution in [3.05, 3.63) is 29.8 Å². The van der Waals surface area contributed by atoms with Crippen LogP contribution in [0.5, 0.6) is 5.75 Å². The molecule has 1 aliphatic heterocycles. The van der Waals surface area contributed by atoms with Crippen molar-refractivity contribution in [2.24, 2.45) is 5.73 Å². The molecule has 1 unspecified atom stereocenters. The fourth-order valence-electron chi connectivity index (χ4n) is 1.49. The molecular weight excluding hydrogens is 221 g/mol. The van der Waals surface area contributed by atoms with E-state index in [2.05, 4.69) is 6.26 Å². The summed E-state index contributed by atoms with van der Waals surface area (Å²) in [7, 11) is 0.600. The molecule has 0 bridgehead atoms. The van der Waals surface area contributed by atoms with E-state index in [4.69, 9.17) is 15.1 Å². The lowest BCUT2D eigenvalue weighted by atomic mass is 9.90. The summed E-state index contributed by atoms with van der Waals surface area (Å²) in [5, 5.41) is 0. The molecule has 0 aromatic heterocycles. The molecule has 1 heterocycles. The number of hydrogen-bond donors (Lipinski definition) is 1. The zero-order valence-electron chi connectivity index (χ0n) is 9.44. The lowest BCUT2D eigenvalue weighted by Crippen LogP contribution is -2.21. The minimum Gasteiger partial charge on any atom is -0.494 e. The van der Waals surface area contributed by atoms with Gasteiger partial charge in [0.05, 0.1) is 6.61 Å².